The van der Waals surface area contributed by atoms with Gasteiger partial charge in [-0.15, -0.1) is 0 Å². The van der Waals surface area contributed by atoms with Crippen molar-refractivity contribution < 1.29 is 4.42 Å². The second-order valence-electron chi connectivity index (χ2n) is 11.7. The highest BCUT2D eigenvalue weighted by Crippen LogP contribution is 2.38. The van der Waals surface area contributed by atoms with E-state index in [4.69, 9.17) is 19.4 Å². The lowest BCUT2D eigenvalue weighted by Gasteiger charge is -2.12. The maximum atomic E-state index is 6.33. The number of nitrogens with zero attached hydrogens (tertiary/aromatic N) is 3. The second kappa shape index (κ2) is 11.2. The Kier molecular flexibility index (Phi) is 6.43. The predicted molar refractivity (Wildman–Crippen MR) is 192 cm³/mol. The van der Waals surface area contributed by atoms with Gasteiger partial charge in [0.15, 0.2) is 5.82 Å². The van der Waals surface area contributed by atoms with E-state index in [1.165, 1.54) is 11.1 Å². The first-order chi connectivity index (χ1) is 23.3. The molecule has 0 fully saturated rings. The molecule has 0 aliphatic heterocycles. The van der Waals surface area contributed by atoms with E-state index >= 15 is 0 Å². The molecule has 4 nitrogen and oxygen atoms in total. The van der Waals surface area contributed by atoms with Gasteiger partial charge in [-0.05, 0) is 75.2 Å². The molecule has 9 aromatic rings. The van der Waals surface area contributed by atoms with Gasteiger partial charge >= 0.3 is 0 Å². The van der Waals surface area contributed by atoms with E-state index < -0.39 is 0 Å². The molecule has 0 bridgehead atoms. The summed E-state index contributed by atoms with van der Waals surface area (Å²) in [7, 11) is 0. The maximum Gasteiger partial charge on any atom is 0.231 e. The van der Waals surface area contributed by atoms with E-state index in [1.54, 1.807) is 0 Å². The summed E-state index contributed by atoms with van der Waals surface area (Å²) in [5.74, 6) is 0.589. The van der Waals surface area contributed by atoms with Crippen LogP contribution in [0.4, 0.5) is 0 Å². The van der Waals surface area contributed by atoms with Gasteiger partial charge in [0.2, 0.25) is 5.71 Å². The van der Waals surface area contributed by atoms with Crippen LogP contribution in [0.5, 0.6) is 0 Å². The zero-order valence-corrected chi connectivity index (χ0v) is 25.3. The molecule has 3 aromatic heterocycles. The lowest BCUT2D eigenvalue weighted by molar-refractivity contribution is 0.653. The van der Waals surface area contributed by atoms with Gasteiger partial charge in [0.25, 0.3) is 0 Å². The highest BCUT2D eigenvalue weighted by molar-refractivity contribution is 6.10. The number of pyridine rings is 1. The van der Waals surface area contributed by atoms with Crippen molar-refractivity contribution in [3.63, 3.8) is 0 Å². The van der Waals surface area contributed by atoms with Crippen molar-refractivity contribution in [2.75, 3.05) is 0 Å². The Bertz CT molecular complexity index is 2510. The van der Waals surface area contributed by atoms with E-state index in [-0.39, 0.29) is 0 Å². The predicted octanol–water partition coefficient (Wildman–Crippen LogP) is 11.3. The number of aromatic nitrogens is 3. The quantitative estimate of drug-likeness (QED) is 0.197. The summed E-state index contributed by atoms with van der Waals surface area (Å²) in [4.78, 5) is 15.1. The molecule has 0 saturated heterocycles. The molecule has 0 aliphatic carbocycles. The number of rotatable bonds is 5. The summed E-state index contributed by atoms with van der Waals surface area (Å²) < 4.78 is 6.33. The van der Waals surface area contributed by atoms with Crippen LogP contribution in [0.3, 0.4) is 0 Å². The van der Waals surface area contributed by atoms with Gasteiger partial charge in [-0.1, -0.05) is 121 Å². The third kappa shape index (κ3) is 4.93. The van der Waals surface area contributed by atoms with Gasteiger partial charge in [-0.25, -0.2) is 4.98 Å². The van der Waals surface area contributed by atoms with Gasteiger partial charge in [-0.2, -0.15) is 4.98 Å². The minimum atomic E-state index is 0.545. The van der Waals surface area contributed by atoms with Crippen LogP contribution in [0.25, 0.3) is 89.0 Å². The molecule has 47 heavy (non-hydrogen) atoms. The normalized spacial score (nSPS) is 11.4. The van der Waals surface area contributed by atoms with E-state index in [9.17, 15) is 0 Å². The Labute approximate surface area is 271 Å². The first-order valence-electron chi connectivity index (χ1n) is 15.7. The van der Waals surface area contributed by atoms with Crippen LogP contribution in [-0.4, -0.2) is 15.0 Å². The van der Waals surface area contributed by atoms with Crippen molar-refractivity contribution >= 4 is 32.8 Å². The Morgan fingerprint density at radius 3 is 1.74 bits per heavy atom. The summed E-state index contributed by atoms with van der Waals surface area (Å²) in [6, 6.07) is 54.6. The lowest BCUT2D eigenvalue weighted by atomic mass is 9.93. The standard InChI is InChI=1S/C43H27N3O/c1-3-12-28(13-4-1)34-23-35(29-14-5-2-6-15-29)25-36(24-34)30-18-11-19-32(22-30)42-45-41(38-26-31-16-7-8-17-33(31)27-44-38)40-37-20-9-10-21-39(37)47-43(40)46-42/h1-27H. The molecular formula is C43H27N3O. The van der Waals surface area contributed by atoms with E-state index in [2.05, 4.69) is 127 Å². The summed E-state index contributed by atoms with van der Waals surface area (Å²) >= 11 is 0. The highest BCUT2D eigenvalue weighted by atomic mass is 16.3. The fraction of sp³-hybridized carbons (Fsp3) is 0. The molecule has 0 saturated carbocycles. The zero-order chi connectivity index (χ0) is 31.2. The largest absolute Gasteiger partial charge is 0.438 e. The summed E-state index contributed by atoms with van der Waals surface area (Å²) in [5.41, 5.74) is 10.6. The smallest absolute Gasteiger partial charge is 0.231 e. The number of benzene rings is 6. The molecule has 0 amide bonds. The van der Waals surface area contributed by atoms with Crippen molar-refractivity contribution in [3.8, 4) is 56.2 Å². The van der Waals surface area contributed by atoms with Crippen LogP contribution in [0.2, 0.25) is 0 Å². The van der Waals surface area contributed by atoms with Crippen molar-refractivity contribution in [1.82, 2.24) is 15.0 Å². The van der Waals surface area contributed by atoms with Crippen LogP contribution in [0.15, 0.2) is 168 Å². The third-order valence-corrected chi connectivity index (χ3v) is 8.71. The fourth-order valence-corrected chi connectivity index (χ4v) is 6.38. The van der Waals surface area contributed by atoms with Crippen LogP contribution < -0.4 is 0 Å². The lowest BCUT2D eigenvalue weighted by Crippen LogP contribution is -1.96. The Morgan fingerprint density at radius 2 is 1.00 bits per heavy atom. The SMILES string of the molecule is c1ccc(-c2cc(-c3ccccc3)cc(-c3cccc(-c4nc(-c5cc6ccccc6cn5)c5c(n4)oc4ccccc45)c3)c2)cc1. The average Bonchev–Trinajstić information content (AvgIpc) is 3.53. The van der Waals surface area contributed by atoms with Gasteiger partial charge in [0.1, 0.15) is 11.3 Å². The molecule has 3 heterocycles. The average molecular weight is 602 g/mol. The number of furan rings is 1. The fourth-order valence-electron chi connectivity index (χ4n) is 6.38. The Balaban J connectivity index is 1.23. The zero-order valence-electron chi connectivity index (χ0n) is 25.3. The van der Waals surface area contributed by atoms with Crippen LogP contribution >= 0.6 is 0 Å². The maximum absolute atomic E-state index is 6.33. The minimum Gasteiger partial charge on any atom is -0.438 e. The van der Waals surface area contributed by atoms with Crippen LogP contribution in [-0.2, 0) is 0 Å². The first-order valence-corrected chi connectivity index (χ1v) is 15.7. The Hall–Kier alpha value is -6.39. The first kappa shape index (κ1) is 27.0. The molecule has 0 unspecified atom stereocenters. The molecule has 0 atom stereocenters. The number of hydrogen-bond donors (Lipinski definition) is 0. The van der Waals surface area contributed by atoms with Gasteiger partial charge < -0.3 is 4.42 Å². The van der Waals surface area contributed by atoms with E-state index in [0.29, 0.717) is 11.5 Å². The van der Waals surface area contributed by atoms with Gasteiger partial charge in [0, 0.05) is 22.5 Å². The molecule has 6 aromatic carbocycles. The van der Waals surface area contributed by atoms with Crippen molar-refractivity contribution in [3.05, 3.63) is 164 Å². The Morgan fingerprint density at radius 1 is 0.426 bits per heavy atom. The molecule has 0 spiro atoms. The molecule has 0 radical (unpaired) electrons. The van der Waals surface area contributed by atoms with Crippen LogP contribution in [0, 0.1) is 0 Å². The third-order valence-electron chi connectivity index (χ3n) is 8.71. The van der Waals surface area contributed by atoms with Crippen molar-refractivity contribution in [1.29, 1.82) is 0 Å². The van der Waals surface area contributed by atoms with E-state index in [1.807, 2.05) is 36.5 Å². The monoisotopic (exact) mass is 601 g/mol. The van der Waals surface area contributed by atoms with Gasteiger partial charge in [0.05, 0.1) is 11.1 Å². The summed E-state index contributed by atoms with van der Waals surface area (Å²) in [6.07, 6.45) is 1.91. The highest BCUT2D eigenvalue weighted by Gasteiger charge is 2.19. The molecule has 0 aliphatic rings. The molecule has 4 heteroatoms. The number of hydrogen-bond acceptors (Lipinski definition) is 4. The van der Waals surface area contributed by atoms with Crippen LogP contribution in [0.1, 0.15) is 0 Å². The van der Waals surface area contributed by atoms with Crippen molar-refractivity contribution in [2.45, 2.75) is 0 Å². The summed E-state index contributed by atoms with van der Waals surface area (Å²) in [6.45, 7) is 0. The van der Waals surface area contributed by atoms with E-state index in [0.717, 1.165) is 66.3 Å². The van der Waals surface area contributed by atoms with Gasteiger partial charge in [-0.3, -0.25) is 4.98 Å². The number of fused-ring (bicyclic) bond motifs is 4. The number of para-hydroxylation sites is 1. The minimum absolute atomic E-state index is 0.545. The topological polar surface area (TPSA) is 51.8 Å². The molecule has 9 rings (SSSR count). The second-order valence-corrected chi connectivity index (χ2v) is 11.7. The molecular weight excluding hydrogens is 574 g/mol. The molecule has 220 valence electrons. The van der Waals surface area contributed by atoms with Crippen molar-refractivity contribution in [2.24, 2.45) is 0 Å². The molecule has 0 N–H and O–H groups in total. The summed E-state index contributed by atoms with van der Waals surface area (Å²) in [5, 5.41) is 4.03.